The zero-order valence-electron chi connectivity index (χ0n) is 10.7. The number of aryl methyl sites for hydroxylation is 1. The summed E-state index contributed by atoms with van der Waals surface area (Å²) in [5.74, 6) is 0. The fourth-order valence-electron chi connectivity index (χ4n) is 2.36. The lowest BCUT2D eigenvalue weighted by molar-refractivity contribution is 0.609. The number of nitrogens with one attached hydrogen (secondary N) is 1. The van der Waals surface area contributed by atoms with Crippen LogP contribution in [0.15, 0.2) is 36.8 Å². The molecule has 3 aromatic heterocycles. The molecule has 19 heavy (non-hydrogen) atoms. The zero-order valence-corrected chi connectivity index (χ0v) is 11.5. The minimum Gasteiger partial charge on any atom is -0.308 e. The van der Waals surface area contributed by atoms with Crippen LogP contribution in [0.5, 0.6) is 0 Å². The predicted octanol–water partition coefficient (Wildman–Crippen LogP) is 2.03. The summed E-state index contributed by atoms with van der Waals surface area (Å²) in [4.78, 5) is 0. The molecule has 0 fully saturated rings. The Kier molecular flexibility index (Phi) is 3.00. The van der Waals surface area contributed by atoms with Gasteiger partial charge in [0, 0.05) is 18.8 Å². The number of halogens is 1. The highest BCUT2D eigenvalue weighted by Crippen LogP contribution is 2.29. The van der Waals surface area contributed by atoms with E-state index in [0.717, 1.165) is 16.8 Å². The van der Waals surface area contributed by atoms with E-state index in [9.17, 15) is 0 Å². The lowest BCUT2D eigenvalue weighted by atomic mass is 10.1. The summed E-state index contributed by atoms with van der Waals surface area (Å²) in [5.41, 5.74) is 3.07. The SMILES string of the molecule is CNC(c1cnn2ccccc12)c1c(Cl)cnn1C. The molecule has 6 heteroatoms. The van der Waals surface area contributed by atoms with E-state index in [2.05, 4.69) is 15.5 Å². The Morgan fingerprint density at radius 3 is 2.79 bits per heavy atom. The van der Waals surface area contributed by atoms with Crippen LogP contribution in [-0.4, -0.2) is 26.4 Å². The highest BCUT2D eigenvalue weighted by molar-refractivity contribution is 6.31. The molecule has 0 aliphatic heterocycles. The van der Waals surface area contributed by atoms with Crippen LogP contribution in [-0.2, 0) is 7.05 Å². The van der Waals surface area contributed by atoms with Crippen LogP contribution < -0.4 is 5.32 Å². The highest BCUT2D eigenvalue weighted by Gasteiger charge is 2.22. The van der Waals surface area contributed by atoms with Gasteiger partial charge in [-0.1, -0.05) is 17.7 Å². The Labute approximate surface area is 115 Å². The van der Waals surface area contributed by atoms with Gasteiger partial charge in [-0.2, -0.15) is 10.2 Å². The van der Waals surface area contributed by atoms with Crippen LogP contribution in [0, 0.1) is 0 Å². The monoisotopic (exact) mass is 275 g/mol. The van der Waals surface area contributed by atoms with Crippen LogP contribution in [0.4, 0.5) is 0 Å². The number of hydrogen-bond acceptors (Lipinski definition) is 3. The van der Waals surface area contributed by atoms with E-state index < -0.39 is 0 Å². The molecule has 3 aromatic rings. The molecule has 0 aliphatic carbocycles. The van der Waals surface area contributed by atoms with E-state index in [0.29, 0.717) is 5.02 Å². The first kappa shape index (κ1) is 12.2. The Hall–Kier alpha value is -1.85. The van der Waals surface area contributed by atoms with Gasteiger partial charge in [-0.3, -0.25) is 4.68 Å². The van der Waals surface area contributed by atoms with Crippen molar-refractivity contribution in [1.82, 2.24) is 24.7 Å². The Morgan fingerprint density at radius 1 is 1.26 bits per heavy atom. The predicted molar refractivity (Wildman–Crippen MR) is 74.3 cm³/mol. The van der Waals surface area contributed by atoms with Gasteiger partial charge in [-0.05, 0) is 19.2 Å². The van der Waals surface area contributed by atoms with E-state index >= 15 is 0 Å². The summed E-state index contributed by atoms with van der Waals surface area (Å²) < 4.78 is 3.64. The summed E-state index contributed by atoms with van der Waals surface area (Å²) >= 11 is 6.24. The lowest BCUT2D eigenvalue weighted by Gasteiger charge is -2.16. The topological polar surface area (TPSA) is 47.1 Å². The van der Waals surface area contributed by atoms with Crippen LogP contribution in [0.1, 0.15) is 17.3 Å². The number of aromatic nitrogens is 4. The minimum absolute atomic E-state index is 0.0418. The maximum Gasteiger partial charge on any atom is 0.0837 e. The van der Waals surface area contributed by atoms with E-state index in [-0.39, 0.29) is 6.04 Å². The molecule has 0 bridgehead atoms. The van der Waals surface area contributed by atoms with Gasteiger partial charge >= 0.3 is 0 Å². The zero-order chi connectivity index (χ0) is 13.4. The van der Waals surface area contributed by atoms with Gasteiger partial charge < -0.3 is 5.32 Å². The quantitative estimate of drug-likeness (QED) is 0.796. The first-order valence-corrected chi connectivity index (χ1v) is 6.37. The summed E-state index contributed by atoms with van der Waals surface area (Å²) in [6, 6.07) is 5.95. The third kappa shape index (κ3) is 1.91. The first-order valence-electron chi connectivity index (χ1n) is 5.99. The molecular formula is C13H14ClN5. The van der Waals surface area contributed by atoms with E-state index in [1.165, 1.54) is 0 Å². The lowest BCUT2D eigenvalue weighted by Crippen LogP contribution is -2.20. The normalized spacial score (nSPS) is 13.0. The largest absolute Gasteiger partial charge is 0.308 e. The van der Waals surface area contributed by atoms with Crippen molar-refractivity contribution < 1.29 is 0 Å². The fraction of sp³-hybridized carbons (Fsp3) is 0.231. The number of hydrogen-bond donors (Lipinski definition) is 1. The van der Waals surface area contributed by atoms with Gasteiger partial charge in [-0.15, -0.1) is 0 Å². The number of pyridine rings is 1. The number of fused-ring (bicyclic) bond motifs is 1. The van der Waals surface area contributed by atoms with Crippen molar-refractivity contribution in [3.63, 3.8) is 0 Å². The average molecular weight is 276 g/mol. The van der Waals surface area contributed by atoms with Gasteiger partial charge in [-0.25, -0.2) is 4.52 Å². The summed E-state index contributed by atoms with van der Waals surface area (Å²) in [5, 5.41) is 12.5. The van der Waals surface area contributed by atoms with E-state index in [4.69, 9.17) is 11.6 Å². The smallest absolute Gasteiger partial charge is 0.0837 e. The maximum atomic E-state index is 6.24. The maximum absolute atomic E-state index is 6.24. The molecule has 0 radical (unpaired) electrons. The molecule has 1 unspecified atom stereocenters. The molecule has 0 spiro atoms. The van der Waals surface area contributed by atoms with Crippen LogP contribution >= 0.6 is 11.6 Å². The van der Waals surface area contributed by atoms with Crippen molar-refractivity contribution in [3.05, 3.63) is 53.1 Å². The minimum atomic E-state index is -0.0418. The molecule has 1 atom stereocenters. The molecule has 3 rings (SSSR count). The third-order valence-corrected chi connectivity index (χ3v) is 3.56. The molecule has 0 aromatic carbocycles. The molecule has 5 nitrogen and oxygen atoms in total. The standard InChI is InChI=1S/C13H14ClN5/c1-15-12(13-10(14)8-16-18(13)2)9-7-17-19-6-4-3-5-11(9)19/h3-8,12,15H,1-2H3. The third-order valence-electron chi connectivity index (χ3n) is 3.27. The van der Waals surface area contributed by atoms with Crippen LogP contribution in [0.25, 0.3) is 5.52 Å². The second-order valence-electron chi connectivity index (χ2n) is 4.35. The van der Waals surface area contributed by atoms with Crippen molar-refractivity contribution in [3.8, 4) is 0 Å². The van der Waals surface area contributed by atoms with Gasteiger partial charge in [0.2, 0.25) is 0 Å². The van der Waals surface area contributed by atoms with Crippen LogP contribution in [0.2, 0.25) is 5.02 Å². The summed E-state index contributed by atoms with van der Waals surface area (Å²) in [6.07, 6.45) is 5.45. The molecule has 0 amide bonds. The first-order chi connectivity index (χ1) is 9.22. The van der Waals surface area contributed by atoms with Crippen molar-refractivity contribution in [2.24, 2.45) is 7.05 Å². The van der Waals surface area contributed by atoms with Crippen molar-refractivity contribution in [2.45, 2.75) is 6.04 Å². The Bertz CT molecular complexity index is 695. The molecule has 98 valence electrons. The Morgan fingerprint density at radius 2 is 2.11 bits per heavy atom. The fourth-order valence-corrected chi connectivity index (χ4v) is 2.64. The van der Waals surface area contributed by atoms with Crippen molar-refractivity contribution >= 4 is 17.1 Å². The number of nitrogens with zero attached hydrogens (tertiary/aromatic N) is 4. The second-order valence-corrected chi connectivity index (χ2v) is 4.76. The average Bonchev–Trinajstić information content (AvgIpc) is 2.98. The summed E-state index contributed by atoms with van der Waals surface area (Å²) in [7, 11) is 3.79. The highest BCUT2D eigenvalue weighted by atomic mass is 35.5. The van der Waals surface area contributed by atoms with Crippen molar-refractivity contribution in [1.29, 1.82) is 0 Å². The van der Waals surface area contributed by atoms with Crippen molar-refractivity contribution in [2.75, 3.05) is 7.05 Å². The molecule has 0 saturated carbocycles. The molecule has 0 saturated heterocycles. The molecule has 0 aliphatic rings. The van der Waals surface area contributed by atoms with Gasteiger partial charge in [0.25, 0.3) is 0 Å². The molecule has 1 N–H and O–H groups in total. The Balaban J connectivity index is 2.18. The second kappa shape index (κ2) is 4.68. The van der Waals surface area contributed by atoms with Gasteiger partial charge in [0.05, 0.1) is 34.7 Å². The van der Waals surface area contributed by atoms with Gasteiger partial charge in [0.15, 0.2) is 0 Å². The molecule has 3 heterocycles. The summed E-state index contributed by atoms with van der Waals surface area (Å²) in [6.45, 7) is 0. The van der Waals surface area contributed by atoms with E-state index in [1.807, 2.05) is 49.2 Å². The van der Waals surface area contributed by atoms with Gasteiger partial charge in [0.1, 0.15) is 0 Å². The van der Waals surface area contributed by atoms with E-state index in [1.54, 1.807) is 10.9 Å². The van der Waals surface area contributed by atoms with Crippen LogP contribution in [0.3, 0.4) is 0 Å². The number of rotatable bonds is 3. The molecular weight excluding hydrogens is 262 g/mol.